The van der Waals surface area contributed by atoms with Crippen molar-refractivity contribution in [3.8, 4) is 0 Å². The fraction of sp³-hybridized carbons (Fsp3) is 0.750. The number of unbranched alkanes of at least 4 members (excludes halogenated alkanes) is 16. The Hall–Kier alpha value is -2.45. The van der Waals surface area contributed by atoms with E-state index in [1.807, 2.05) is 12.2 Å². The summed E-state index contributed by atoms with van der Waals surface area (Å²) in [6, 6.07) is 0. The summed E-state index contributed by atoms with van der Waals surface area (Å²) in [6.45, 7) is 3.20. The zero-order chi connectivity index (χ0) is 45.7. The molecule has 14 heteroatoms. The number of ether oxygens (including phenoxy) is 2. The normalized spacial score (nSPS) is 22.4. The molecule has 0 radical (unpaired) electrons. The number of aliphatic hydroxyl groups excluding tert-OH is 5. The Labute approximate surface area is 373 Å². The molecule has 62 heavy (non-hydrogen) atoms. The second-order valence-electron chi connectivity index (χ2n) is 16.3. The summed E-state index contributed by atoms with van der Waals surface area (Å²) in [6.07, 6.45) is 32.9. The fourth-order valence-electron chi connectivity index (χ4n) is 6.74. The third-order valence-electron chi connectivity index (χ3n) is 10.6. The van der Waals surface area contributed by atoms with Crippen LogP contribution in [0.2, 0.25) is 0 Å². The number of carbonyl (C=O) groups excluding carboxylic acids is 2. The van der Waals surface area contributed by atoms with Gasteiger partial charge in [0.05, 0.1) is 6.61 Å². The summed E-state index contributed by atoms with van der Waals surface area (Å²) in [5.74, 6) is -1.18. The highest BCUT2D eigenvalue weighted by Gasteiger charge is 2.51. The molecule has 1 aliphatic carbocycles. The monoisotopic (exact) mass is 899 g/mol. The molecule has 0 spiro atoms. The topological polar surface area (TPSA) is 210 Å². The van der Waals surface area contributed by atoms with Crippen LogP contribution in [-0.4, -0.2) is 98.3 Å². The van der Waals surface area contributed by atoms with E-state index in [9.17, 15) is 44.6 Å². The molecule has 0 heterocycles. The second-order valence-corrected chi connectivity index (χ2v) is 17.7. The van der Waals surface area contributed by atoms with Crippen LogP contribution in [0, 0.1) is 0 Å². The number of phosphoric acid groups is 1. The summed E-state index contributed by atoms with van der Waals surface area (Å²) in [4.78, 5) is 35.6. The molecule has 0 aromatic carbocycles. The van der Waals surface area contributed by atoms with E-state index in [1.165, 1.54) is 64.2 Å². The highest BCUT2D eigenvalue weighted by Crippen LogP contribution is 2.47. The summed E-state index contributed by atoms with van der Waals surface area (Å²) in [5, 5.41) is 50.1. The van der Waals surface area contributed by atoms with E-state index in [0.717, 1.165) is 64.2 Å². The van der Waals surface area contributed by atoms with Crippen molar-refractivity contribution >= 4 is 19.8 Å². The Balaban J connectivity index is 2.47. The number of hydrogen-bond acceptors (Lipinski definition) is 12. The molecule has 0 amide bonds. The molecule has 1 fully saturated rings. The summed E-state index contributed by atoms with van der Waals surface area (Å²) in [5.41, 5.74) is 0. The molecule has 1 saturated carbocycles. The first kappa shape index (κ1) is 57.6. The Kier molecular flexibility index (Phi) is 35.2. The lowest BCUT2D eigenvalue weighted by molar-refractivity contribution is -0.220. The van der Waals surface area contributed by atoms with Crippen molar-refractivity contribution in [3.05, 3.63) is 60.8 Å². The molecular weight excluding hydrogens is 815 g/mol. The highest BCUT2D eigenvalue weighted by atomic mass is 31.2. The Morgan fingerprint density at radius 3 is 1.42 bits per heavy atom. The van der Waals surface area contributed by atoms with Gasteiger partial charge in [-0.3, -0.25) is 18.6 Å². The SMILES string of the molecule is CCCCC/C=C/CCCCCCCC(=O)O[C@@H](COC(=O)CCC/C=C/C/C=C/C/C=C/C/C=C/CCCCCCCCC)COP(=O)(O)OC1C(O)C(O)C(O)[C@H](O)C1O. The van der Waals surface area contributed by atoms with E-state index < -0.39 is 75.7 Å². The van der Waals surface area contributed by atoms with Crippen molar-refractivity contribution in [3.63, 3.8) is 0 Å². The van der Waals surface area contributed by atoms with Gasteiger partial charge in [0.1, 0.15) is 43.2 Å². The van der Waals surface area contributed by atoms with Gasteiger partial charge in [-0.1, -0.05) is 145 Å². The lowest BCUT2D eigenvalue weighted by atomic mass is 9.85. The van der Waals surface area contributed by atoms with Crippen molar-refractivity contribution in [1.29, 1.82) is 0 Å². The van der Waals surface area contributed by atoms with Gasteiger partial charge in [0.15, 0.2) is 6.10 Å². The number of carbonyl (C=O) groups is 2. The maximum atomic E-state index is 12.8. The standard InChI is InChI=1S/C48H83O13P/c1-3-5-7-9-11-13-15-17-18-19-20-21-22-23-24-25-27-28-30-32-34-36-41(49)58-38-40(60-42(50)37-35-33-31-29-26-16-14-12-10-8-6-4-2)39-59-62(56,57)61-48-46(54)44(52)43(51)45(53)47(48)55/h12,14,18-19,21-22,24-25,28,30,40,43-48,51-55H,3-11,13,15-17,20,23,26-27,29,31-39H2,1-2H3,(H,56,57)/b14-12+,19-18+,22-21+,25-24+,30-28+/t40-,43?,44-,45?,46?,47?,48?/m0/s1. The highest BCUT2D eigenvalue weighted by molar-refractivity contribution is 7.47. The quantitative estimate of drug-likeness (QED) is 0.0148. The Morgan fingerprint density at radius 1 is 0.500 bits per heavy atom. The maximum Gasteiger partial charge on any atom is 0.472 e. The van der Waals surface area contributed by atoms with E-state index in [4.69, 9.17) is 18.5 Å². The van der Waals surface area contributed by atoms with Crippen LogP contribution in [-0.2, 0) is 32.7 Å². The zero-order valence-electron chi connectivity index (χ0n) is 37.9. The van der Waals surface area contributed by atoms with Gasteiger partial charge in [0.25, 0.3) is 0 Å². The predicted molar refractivity (Wildman–Crippen MR) is 244 cm³/mol. The average Bonchev–Trinajstić information content (AvgIpc) is 3.25. The Bertz CT molecular complexity index is 1320. The van der Waals surface area contributed by atoms with Crippen LogP contribution in [0.15, 0.2) is 60.8 Å². The predicted octanol–water partition coefficient (Wildman–Crippen LogP) is 9.33. The van der Waals surface area contributed by atoms with Crippen LogP contribution >= 0.6 is 7.82 Å². The minimum atomic E-state index is -5.13. The molecular formula is C48H83O13P. The van der Waals surface area contributed by atoms with Crippen molar-refractivity contribution in [2.75, 3.05) is 13.2 Å². The van der Waals surface area contributed by atoms with Gasteiger partial charge in [0.2, 0.25) is 0 Å². The lowest BCUT2D eigenvalue weighted by Gasteiger charge is -2.41. The molecule has 0 aliphatic heterocycles. The van der Waals surface area contributed by atoms with Crippen LogP contribution in [0.3, 0.4) is 0 Å². The molecule has 0 aromatic rings. The summed E-state index contributed by atoms with van der Waals surface area (Å²) >= 11 is 0. The molecule has 0 aromatic heterocycles. The first-order valence-corrected chi connectivity index (χ1v) is 25.1. The summed E-state index contributed by atoms with van der Waals surface area (Å²) in [7, 11) is -5.13. The van der Waals surface area contributed by atoms with Gasteiger partial charge < -0.3 is 39.9 Å². The van der Waals surface area contributed by atoms with Gasteiger partial charge in [-0.25, -0.2) is 4.57 Å². The number of allylic oxidation sites excluding steroid dienone is 10. The van der Waals surface area contributed by atoms with Crippen LogP contribution in [0.25, 0.3) is 0 Å². The van der Waals surface area contributed by atoms with E-state index in [-0.39, 0.29) is 12.8 Å². The molecule has 0 saturated heterocycles. The van der Waals surface area contributed by atoms with Crippen molar-refractivity contribution < 1.29 is 63.1 Å². The van der Waals surface area contributed by atoms with Crippen LogP contribution < -0.4 is 0 Å². The van der Waals surface area contributed by atoms with Gasteiger partial charge in [-0.05, 0) is 77.0 Å². The third kappa shape index (κ3) is 29.8. The number of esters is 2. The lowest BCUT2D eigenvalue weighted by Crippen LogP contribution is -2.64. The first-order valence-electron chi connectivity index (χ1n) is 23.6. The number of rotatable bonds is 38. The van der Waals surface area contributed by atoms with E-state index in [1.54, 1.807) is 0 Å². The van der Waals surface area contributed by atoms with Crippen molar-refractivity contribution in [2.24, 2.45) is 0 Å². The largest absolute Gasteiger partial charge is 0.472 e. The maximum absolute atomic E-state index is 12.8. The van der Waals surface area contributed by atoms with E-state index in [2.05, 4.69) is 62.5 Å². The number of aliphatic hydroxyl groups is 5. The van der Waals surface area contributed by atoms with E-state index in [0.29, 0.717) is 19.3 Å². The van der Waals surface area contributed by atoms with Crippen LogP contribution in [0.4, 0.5) is 0 Å². The first-order chi connectivity index (χ1) is 29.9. The molecule has 0 bridgehead atoms. The summed E-state index contributed by atoms with van der Waals surface area (Å²) < 4.78 is 33.4. The number of phosphoric ester groups is 1. The number of hydrogen-bond donors (Lipinski definition) is 6. The van der Waals surface area contributed by atoms with Crippen LogP contribution in [0.5, 0.6) is 0 Å². The molecule has 1 rings (SSSR count). The van der Waals surface area contributed by atoms with E-state index >= 15 is 0 Å². The van der Waals surface area contributed by atoms with Crippen molar-refractivity contribution in [2.45, 2.75) is 217 Å². The average molecular weight is 899 g/mol. The van der Waals surface area contributed by atoms with Gasteiger partial charge in [0, 0.05) is 12.8 Å². The fourth-order valence-corrected chi connectivity index (χ4v) is 7.72. The van der Waals surface area contributed by atoms with Gasteiger partial charge >= 0.3 is 19.8 Å². The molecule has 8 atom stereocenters. The van der Waals surface area contributed by atoms with Crippen LogP contribution in [0.1, 0.15) is 174 Å². The smallest absolute Gasteiger partial charge is 0.462 e. The molecule has 6 N–H and O–H groups in total. The molecule has 1 aliphatic rings. The minimum absolute atomic E-state index is 0.0723. The molecule has 6 unspecified atom stereocenters. The molecule has 13 nitrogen and oxygen atoms in total. The zero-order valence-corrected chi connectivity index (χ0v) is 38.8. The molecule has 358 valence electrons. The Morgan fingerprint density at radius 2 is 0.887 bits per heavy atom. The minimum Gasteiger partial charge on any atom is -0.462 e. The second kappa shape index (κ2) is 37.9. The van der Waals surface area contributed by atoms with Gasteiger partial charge in [-0.15, -0.1) is 0 Å². The van der Waals surface area contributed by atoms with Gasteiger partial charge in [-0.2, -0.15) is 0 Å². The van der Waals surface area contributed by atoms with Crippen molar-refractivity contribution in [1.82, 2.24) is 0 Å². The third-order valence-corrected chi connectivity index (χ3v) is 11.6.